The number of ether oxygens (including phenoxy) is 1. The van der Waals surface area contributed by atoms with E-state index in [0.717, 1.165) is 80.7 Å². The third kappa shape index (κ3) is 4.31. The van der Waals surface area contributed by atoms with Crippen LogP contribution in [0.1, 0.15) is 44.9 Å². The number of piperidine rings is 1. The lowest BCUT2D eigenvalue weighted by Crippen LogP contribution is -2.50. The summed E-state index contributed by atoms with van der Waals surface area (Å²) in [6, 6.07) is 10.1. The Hall–Kier alpha value is -2.31. The summed E-state index contributed by atoms with van der Waals surface area (Å²) < 4.78 is 5.24. The standard InChI is InChI=1S/C26H32ClN3O3/c1-33-22-9-3-18(4-10-22)19-15-23(27)24(28-16-19)29-13-2-11-26(17-29)12-14-30(25(26)32)20-5-7-21(31)8-6-20/h3-4,9-10,15-16,20-21,31H,2,5-8,11-14,17H2,1H3/t20?,21?,26-/m1/s1. The Bertz CT molecular complexity index is 1010. The first-order chi connectivity index (χ1) is 16.0. The van der Waals surface area contributed by atoms with Gasteiger partial charge in [0.2, 0.25) is 5.91 Å². The van der Waals surface area contributed by atoms with Gasteiger partial charge in [-0.1, -0.05) is 23.7 Å². The molecule has 1 aliphatic carbocycles. The molecule has 0 unspecified atom stereocenters. The van der Waals surface area contributed by atoms with Gasteiger partial charge in [-0.15, -0.1) is 0 Å². The van der Waals surface area contributed by atoms with E-state index in [1.165, 1.54) is 0 Å². The van der Waals surface area contributed by atoms with Gasteiger partial charge in [-0.05, 0) is 68.7 Å². The third-order valence-electron chi connectivity index (χ3n) is 7.77. The number of hydrogen-bond donors (Lipinski definition) is 1. The predicted octanol–water partition coefficient (Wildman–Crippen LogP) is 4.53. The van der Waals surface area contributed by atoms with Gasteiger partial charge in [0.25, 0.3) is 0 Å². The Morgan fingerprint density at radius 1 is 1.09 bits per heavy atom. The first kappa shape index (κ1) is 22.5. The van der Waals surface area contributed by atoms with Crippen molar-refractivity contribution in [2.75, 3.05) is 31.6 Å². The number of methoxy groups -OCH3 is 1. The Balaban J connectivity index is 1.32. The normalized spacial score (nSPS) is 27.9. The van der Waals surface area contributed by atoms with E-state index in [1.807, 2.05) is 36.5 Å². The van der Waals surface area contributed by atoms with E-state index in [4.69, 9.17) is 21.3 Å². The van der Waals surface area contributed by atoms with Crippen LogP contribution in [0.5, 0.6) is 5.75 Å². The summed E-state index contributed by atoms with van der Waals surface area (Å²) in [6.45, 7) is 2.36. The predicted molar refractivity (Wildman–Crippen MR) is 130 cm³/mol. The van der Waals surface area contributed by atoms with Gasteiger partial charge in [0, 0.05) is 37.4 Å². The molecule has 2 aromatic rings. The monoisotopic (exact) mass is 469 g/mol. The maximum absolute atomic E-state index is 13.6. The molecule has 1 aromatic carbocycles. The minimum Gasteiger partial charge on any atom is -0.497 e. The van der Waals surface area contributed by atoms with E-state index in [2.05, 4.69) is 9.80 Å². The summed E-state index contributed by atoms with van der Waals surface area (Å²) in [5, 5.41) is 10.5. The minimum absolute atomic E-state index is 0.202. The molecule has 176 valence electrons. The summed E-state index contributed by atoms with van der Waals surface area (Å²) in [4.78, 5) is 22.6. The molecule has 5 rings (SSSR count). The molecule has 1 spiro atoms. The van der Waals surface area contributed by atoms with E-state index in [1.54, 1.807) is 7.11 Å². The molecule has 2 saturated heterocycles. The summed E-state index contributed by atoms with van der Waals surface area (Å²) in [7, 11) is 1.65. The van der Waals surface area contributed by atoms with Crippen molar-refractivity contribution in [3.8, 4) is 16.9 Å². The number of pyridine rings is 1. The van der Waals surface area contributed by atoms with Gasteiger partial charge in [-0.25, -0.2) is 4.98 Å². The number of aliphatic hydroxyl groups excluding tert-OH is 1. The number of aromatic nitrogens is 1. The van der Waals surface area contributed by atoms with Crippen molar-refractivity contribution in [2.45, 2.75) is 57.1 Å². The van der Waals surface area contributed by atoms with Crippen molar-refractivity contribution in [1.82, 2.24) is 9.88 Å². The molecule has 1 N–H and O–H groups in total. The number of carbonyl (C=O) groups is 1. The topological polar surface area (TPSA) is 65.9 Å². The molecule has 3 aliphatic rings. The minimum atomic E-state index is -0.339. The second-order valence-corrected chi connectivity index (χ2v) is 10.2. The zero-order valence-electron chi connectivity index (χ0n) is 19.2. The molecular weight excluding hydrogens is 438 g/mol. The molecule has 1 aromatic heterocycles. The number of aliphatic hydroxyl groups is 1. The Kier molecular flexibility index (Phi) is 6.23. The van der Waals surface area contributed by atoms with E-state index in [9.17, 15) is 9.90 Å². The summed E-state index contributed by atoms with van der Waals surface area (Å²) in [6.07, 6.45) is 7.86. The molecule has 6 nitrogen and oxygen atoms in total. The molecule has 0 radical (unpaired) electrons. The Morgan fingerprint density at radius 2 is 1.85 bits per heavy atom. The van der Waals surface area contributed by atoms with Crippen molar-refractivity contribution in [1.29, 1.82) is 0 Å². The van der Waals surface area contributed by atoms with Gasteiger partial charge in [0.15, 0.2) is 0 Å². The molecule has 2 aliphatic heterocycles. The highest BCUT2D eigenvalue weighted by molar-refractivity contribution is 6.33. The van der Waals surface area contributed by atoms with E-state index >= 15 is 0 Å². The second-order valence-electron chi connectivity index (χ2n) is 9.77. The van der Waals surface area contributed by atoms with Crippen LogP contribution in [0.2, 0.25) is 5.02 Å². The van der Waals surface area contributed by atoms with E-state index < -0.39 is 0 Å². The maximum Gasteiger partial charge on any atom is 0.230 e. The van der Waals surface area contributed by atoms with Crippen LogP contribution in [0.3, 0.4) is 0 Å². The van der Waals surface area contributed by atoms with Gasteiger partial charge >= 0.3 is 0 Å². The fourth-order valence-corrected chi connectivity index (χ4v) is 6.15. The highest BCUT2D eigenvalue weighted by Crippen LogP contribution is 2.44. The molecule has 33 heavy (non-hydrogen) atoms. The van der Waals surface area contributed by atoms with Crippen LogP contribution < -0.4 is 9.64 Å². The summed E-state index contributed by atoms with van der Waals surface area (Å²) >= 11 is 6.72. The van der Waals surface area contributed by atoms with Crippen molar-refractivity contribution in [3.63, 3.8) is 0 Å². The largest absolute Gasteiger partial charge is 0.497 e. The van der Waals surface area contributed by atoms with Crippen molar-refractivity contribution >= 4 is 23.3 Å². The smallest absolute Gasteiger partial charge is 0.230 e. The average Bonchev–Trinajstić information content (AvgIpc) is 3.14. The molecule has 3 heterocycles. The highest BCUT2D eigenvalue weighted by atomic mass is 35.5. The van der Waals surface area contributed by atoms with Gasteiger partial charge in [0.1, 0.15) is 11.6 Å². The number of benzene rings is 1. The number of rotatable bonds is 4. The van der Waals surface area contributed by atoms with E-state index in [0.29, 0.717) is 17.5 Å². The van der Waals surface area contributed by atoms with Gasteiger partial charge in [-0.3, -0.25) is 4.79 Å². The van der Waals surface area contributed by atoms with Crippen LogP contribution in [-0.4, -0.2) is 59.8 Å². The Morgan fingerprint density at radius 3 is 2.55 bits per heavy atom. The molecular formula is C26H32ClN3O3. The fraction of sp³-hybridized carbons (Fsp3) is 0.538. The van der Waals surface area contributed by atoms with Crippen LogP contribution in [0, 0.1) is 5.41 Å². The lowest BCUT2D eigenvalue weighted by Gasteiger charge is -2.41. The number of carbonyl (C=O) groups excluding carboxylic acids is 1. The maximum atomic E-state index is 13.6. The number of nitrogens with zero attached hydrogens (tertiary/aromatic N) is 3. The summed E-state index contributed by atoms with van der Waals surface area (Å²) in [5.74, 6) is 1.87. The van der Waals surface area contributed by atoms with Crippen LogP contribution in [0.25, 0.3) is 11.1 Å². The molecule has 0 bridgehead atoms. The fourth-order valence-electron chi connectivity index (χ4n) is 5.86. The molecule has 1 atom stereocenters. The Labute approximate surface area is 200 Å². The van der Waals surface area contributed by atoms with Crippen molar-refractivity contribution in [3.05, 3.63) is 41.6 Å². The summed E-state index contributed by atoms with van der Waals surface area (Å²) in [5.41, 5.74) is 1.65. The van der Waals surface area contributed by atoms with Gasteiger partial charge < -0.3 is 19.6 Å². The SMILES string of the molecule is COc1ccc(-c2cnc(N3CCC[C@@]4(CCN(C5CCC(O)CC5)C4=O)C3)c(Cl)c2)cc1. The van der Waals surface area contributed by atoms with Crippen LogP contribution in [0.15, 0.2) is 36.5 Å². The average molecular weight is 470 g/mol. The molecule has 7 heteroatoms. The van der Waals surface area contributed by atoms with Gasteiger partial charge in [0.05, 0.1) is 23.7 Å². The second kappa shape index (κ2) is 9.15. The first-order valence-electron chi connectivity index (χ1n) is 12.0. The molecule has 1 saturated carbocycles. The first-order valence-corrected chi connectivity index (χ1v) is 12.4. The van der Waals surface area contributed by atoms with Crippen LogP contribution >= 0.6 is 11.6 Å². The number of amides is 1. The number of anilines is 1. The quantitative estimate of drug-likeness (QED) is 0.712. The third-order valence-corrected chi connectivity index (χ3v) is 8.05. The highest BCUT2D eigenvalue weighted by Gasteiger charge is 2.51. The number of likely N-dealkylation sites (tertiary alicyclic amines) is 1. The lowest BCUT2D eigenvalue weighted by atomic mass is 9.78. The van der Waals surface area contributed by atoms with Crippen molar-refractivity contribution in [2.24, 2.45) is 5.41 Å². The molecule has 3 fully saturated rings. The zero-order valence-corrected chi connectivity index (χ0v) is 19.9. The lowest BCUT2D eigenvalue weighted by molar-refractivity contribution is -0.139. The molecule has 1 amide bonds. The van der Waals surface area contributed by atoms with Crippen LogP contribution in [0.4, 0.5) is 5.82 Å². The number of halogens is 1. The number of hydrogen-bond acceptors (Lipinski definition) is 5. The zero-order chi connectivity index (χ0) is 23.0. The van der Waals surface area contributed by atoms with Gasteiger partial charge in [-0.2, -0.15) is 0 Å². The van der Waals surface area contributed by atoms with E-state index in [-0.39, 0.29) is 17.6 Å². The van der Waals surface area contributed by atoms with Crippen molar-refractivity contribution < 1.29 is 14.6 Å². The van der Waals surface area contributed by atoms with Crippen LogP contribution in [-0.2, 0) is 4.79 Å².